The lowest BCUT2D eigenvalue weighted by Crippen LogP contribution is -2.53. The fourth-order valence-corrected chi connectivity index (χ4v) is 1.90. The highest BCUT2D eigenvalue weighted by Gasteiger charge is 2.49. The first-order valence-corrected chi connectivity index (χ1v) is 5.23. The monoisotopic (exact) mass is 221 g/mol. The summed E-state index contributed by atoms with van der Waals surface area (Å²) >= 11 is 0. The fraction of sp³-hybridized carbons (Fsp3) is 0.900. The summed E-state index contributed by atoms with van der Waals surface area (Å²) in [6.07, 6.45) is 0.834. The minimum absolute atomic E-state index is 0.0344. The first-order chi connectivity index (χ1) is 6.88. The molecule has 1 fully saturated rings. The number of alkyl halides is 2. The summed E-state index contributed by atoms with van der Waals surface area (Å²) in [6, 6.07) is 0.0885. The molecule has 0 aromatic rings. The number of aliphatic carboxylic acids is 1. The Morgan fingerprint density at radius 3 is 2.67 bits per heavy atom. The first kappa shape index (κ1) is 12.4. The molecule has 3 nitrogen and oxygen atoms in total. The van der Waals surface area contributed by atoms with E-state index in [4.69, 9.17) is 5.11 Å². The van der Waals surface area contributed by atoms with Crippen molar-refractivity contribution in [3.05, 3.63) is 0 Å². The van der Waals surface area contributed by atoms with Gasteiger partial charge in [0, 0.05) is 6.04 Å². The third kappa shape index (κ3) is 2.65. The molecule has 1 saturated heterocycles. The second-order valence-electron chi connectivity index (χ2n) is 4.17. The van der Waals surface area contributed by atoms with E-state index in [0.29, 0.717) is 6.54 Å². The van der Waals surface area contributed by atoms with Crippen molar-refractivity contribution in [2.24, 2.45) is 5.92 Å². The Bertz CT molecular complexity index is 246. The summed E-state index contributed by atoms with van der Waals surface area (Å²) in [5.74, 6) is -6.00. The van der Waals surface area contributed by atoms with Gasteiger partial charge in [-0.05, 0) is 26.3 Å². The number of likely N-dealkylation sites (tertiary alicyclic amines) is 1. The van der Waals surface area contributed by atoms with Crippen LogP contribution in [0.2, 0.25) is 0 Å². The van der Waals surface area contributed by atoms with Crippen LogP contribution >= 0.6 is 0 Å². The van der Waals surface area contributed by atoms with Gasteiger partial charge in [0.1, 0.15) is 5.92 Å². The molecular weight excluding hydrogens is 204 g/mol. The van der Waals surface area contributed by atoms with E-state index >= 15 is 0 Å². The number of piperidine rings is 1. The van der Waals surface area contributed by atoms with Crippen LogP contribution in [-0.4, -0.2) is 41.0 Å². The van der Waals surface area contributed by atoms with Gasteiger partial charge >= 0.3 is 5.97 Å². The maximum Gasteiger partial charge on any atom is 0.312 e. The van der Waals surface area contributed by atoms with Crippen LogP contribution < -0.4 is 0 Å². The van der Waals surface area contributed by atoms with E-state index in [-0.39, 0.29) is 12.5 Å². The van der Waals surface area contributed by atoms with Crippen molar-refractivity contribution in [1.82, 2.24) is 4.90 Å². The quantitative estimate of drug-likeness (QED) is 0.790. The molecule has 0 aromatic heterocycles. The molecule has 1 N–H and O–H groups in total. The Morgan fingerprint density at radius 2 is 2.27 bits per heavy atom. The summed E-state index contributed by atoms with van der Waals surface area (Å²) in [5, 5.41) is 8.66. The van der Waals surface area contributed by atoms with E-state index in [1.807, 2.05) is 13.8 Å². The lowest BCUT2D eigenvalue weighted by Gasteiger charge is -2.39. The van der Waals surface area contributed by atoms with Gasteiger partial charge in [-0.2, -0.15) is 0 Å². The molecule has 2 atom stereocenters. The molecule has 1 rings (SSSR count). The number of hydrogen-bond donors (Lipinski definition) is 1. The van der Waals surface area contributed by atoms with Crippen molar-refractivity contribution in [2.45, 2.75) is 38.7 Å². The van der Waals surface area contributed by atoms with Crippen LogP contribution in [0.3, 0.4) is 0 Å². The molecule has 0 saturated carbocycles. The van der Waals surface area contributed by atoms with Gasteiger partial charge in [0.2, 0.25) is 0 Å². The topological polar surface area (TPSA) is 40.5 Å². The molecule has 0 spiro atoms. The predicted molar refractivity (Wildman–Crippen MR) is 52.0 cm³/mol. The molecule has 88 valence electrons. The highest BCUT2D eigenvalue weighted by Crippen LogP contribution is 2.34. The average molecular weight is 221 g/mol. The van der Waals surface area contributed by atoms with Gasteiger partial charge in [0.25, 0.3) is 5.92 Å². The van der Waals surface area contributed by atoms with Crippen molar-refractivity contribution < 1.29 is 18.7 Å². The molecule has 15 heavy (non-hydrogen) atoms. The molecule has 5 heteroatoms. The number of carboxylic acids is 1. The number of nitrogens with zero attached hydrogens (tertiary/aromatic N) is 1. The van der Waals surface area contributed by atoms with Gasteiger partial charge in [-0.3, -0.25) is 9.69 Å². The Balaban J connectivity index is 2.68. The van der Waals surface area contributed by atoms with Crippen LogP contribution in [0.1, 0.15) is 26.7 Å². The largest absolute Gasteiger partial charge is 0.481 e. The number of hydrogen-bond acceptors (Lipinski definition) is 2. The van der Waals surface area contributed by atoms with Gasteiger partial charge in [-0.15, -0.1) is 0 Å². The van der Waals surface area contributed by atoms with E-state index < -0.39 is 24.4 Å². The van der Waals surface area contributed by atoms with E-state index in [1.54, 1.807) is 4.90 Å². The summed E-state index contributed by atoms with van der Waals surface area (Å²) in [6.45, 7) is 3.84. The maximum atomic E-state index is 13.4. The summed E-state index contributed by atoms with van der Waals surface area (Å²) in [4.78, 5) is 12.3. The number of halogens is 2. The zero-order valence-corrected chi connectivity index (χ0v) is 9.04. The minimum Gasteiger partial charge on any atom is -0.481 e. The average Bonchev–Trinajstić information content (AvgIpc) is 2.14. The summed E-state index contributed by atoms with van der Waals surface area (Å²) in [5.41, 5.74) is 0. The predicted octanol–water partition coefficient (Wildman–Crippen LogP) is 1.83. The molecule has 1 aliphatic heterocycles. The van der Waals surface area contributed by atoms with Gasteiger partial charge in [-0.25, -0.2) is 8.78 Å². The highest BCUT2D eigenvalue weighted by molar-refractivity contribution is 5.71. The van der Waals surface area contributed by atoms with Crippen LogP contribution in [0.5, 0.6) is 0 Å². The third-order valence-corrected chi connectivity index (χ3v) is 3.14. The number of carbonyl (C=O) groups is 1. The van der Waals surface area contributed by atoms with Crippen molar-refractivity contribution in [2.75, 3.05) is 13.1 Å². The fourth-order valence-electron chi connectivity index (χ4n) is 1.90. The summed E-state index contributed by atoms with van der Waals surface area (Å²) < 4.78 is 26.9. The van der Waals surface area contributed by atoms with Crippen molar-refractivity contribution in [3.63, 3.8) is 0 Å². The number of rotatable bonds is 3. The molecule has 0 bridgehead atoms. The molecule has 0 amide bonds. The van der Waals surface area contributed by atoms with Crippen molar-refractivity contribution in [3.8, 4) is 0 Å². The lowest BCUT2D eigenvalue weighted by atomic mass is 9.92. The lowest BCUT2D eigenvalue weighted by molar-refractivity contribution is -0.169. The van der Waals surface area contributed by atoms with Crippen molar-refractivity contribution in [1.29, 1.82) is 0 Å². The Labute approximate surface area is 88.1 Å². The Morgan fingerprint density at radius 1 is 1.67 bits per heavy atom. The van der Waals surface area contributed by atoms with Crippen LogP contribution in [0.4, 0.5) is 8.78 Å². The van der Waals surface area contributed by atoms with E-state index in [0.717, 1.165) is 6.42 Å². The molecule has 0 aromatic carbocycles. The highest BCUT2D eigenvalue weighted by atomic mass is 19.3. The minimum atomic E-state index is -3.10. The molecule has 0 aliphatic carbocycles. The molecule has 2 unspecified atom stereocenters. The van der Waals surface area contributed by atoms with Crippen LogP contribution in [0.15, 0.2) is 0 Å². The SMILES string of the molecule is CCC(C)N1CCC(C(=O)O)C(F)(F)C1. The van der Waals surface area contributed by atoms with Crippen molar-refractivity contribution >= 4 is 5.97 Å². The third-order valence-electron chi connectivity index (χ3n) is 3.14. The smallest absolute Gasteiger partial charge is 0.312 e. The van der Waals surface area contributed by atoms with Gasteiger partial charge in [0.05, 0.1) is 6.54 Å². The molecule has 1 heterocycles. The normalized spacial score (nSPS) is 28.7. The zero-order chi connectivity index (χ0) is 11.6. The zero-order valence-electron chi connectivity index (χ0n) is 9.04. The second-order valence-corrected chi connectivity index (χ2v) is 4.17. The molecule has 1 aliphatic rings. The molecular formula is C10H17F2NO2. The van der Waals surface area contributed by atoms with Crippen LogP contribution in [-0.2, 0) is 4.79 Å². The van der Waals surface area contributed by atoms with Gasteiger partial charge in [0.15, 0.2) is 0 Å². The van der Waals surface area contributed by atoms with Crippen LogP contribution in [0.25, 0.3) is 0 Å². The van der Waals surface area contributed by atoms with E-state index in [9.17, 15) is 13.6 Å². The Kier molecular flexibility index (Phi) is 3.65. The van der Waals surface area contributed by atoms with E-state index in [1.165, 1.54) is 0 Å². The number of carboxylic acid groups (broad SMARTS) is 1. The summed E-state index contributed by atoms with van der Waals surface area (Å²) in [7, 11) is 0. The first-order valence-electron chi connectivity index (χ1n) is 5.23. The van der Waals surface area contributed by atoms with E-state index in [2.05, 4.69) is 0 Å². The second kappa shape index (κ2) is 4.43. The molecule has 0 radical (unpaired) electrons. The van der Waals surface area contributed by atoms with Gasteiger partial charge in [-0.1, -0.05) is 6.92 Å². The van der Waals surface area contributed by atoms with Crippen LogP contribution in [0, 0.1) is 5.92 Å². The maximum absolute atomic E-state index is 13.4. The van der Waals surface area contributed by atoms with Gasteiger partial charge < -0.3 is 5.11 Å². The Hall–Kier alpha value is -0.710. The standard InChI is InChI=1S/C10H17F2NO2/c1-3-7(2)13-5-4-8(9(14)15)10(11,12)6-13/h7-8H,3-6H2,1-2H3,(H,14,15).